The molecule has 0 spiro atoms. The molecule has 0 unspecified atom stereocenters. The van der Waals surface area contributed by atoms with Crippen molar-refractivity contribution < 1.29 is 29.3 Å². The molecule has 96 valence electrons. The quantitative estimate of drug-likeness (QED) is 0.471. The molecule has 0 amide bonds. The van der Waals surface area contributed by atoms with Crippen LogP contribution in [0.3, 0.4) is 0 Å². The average Bonchev–Trinajstić information content (AvgIpc) is 2.22. The molecule has 1 aliphatic rings. The van der Waals surface area contributed by atoms with Gasteiger partial charge in [-0.1, -0.05) is 13.8 Å². The third-order valence-electron chi connectivity index (χ3n) is 2.20. The summed E-state index contributed by atoms with van der Waals surface area (Å²) in [7, 11) is 0. The van der Waals surface area contributed by atoms with Gasteiger partial charge in [0.15, 0.2) is 12.4 Å². The molecule has 1 rings (SSSR count). The molecule has 0 aliphatic carbocycles. The van der Waals surface area contributed by atoms with Crippen molar-refractivity contribution in [3.05, 3.63) is 0 Å². The van der Waals surface area contributed by atoms with E-state index in [1.165, 1.54) is 0 Å². The number of rotatable bonds is 4. The Morgan fingerprint density at radius 2 is 1.88 bits per heavy atom. The Hall–Kier alpha value is 0.110. The minimum atomic E-state index is -1.36. The molecule has 1 aliphatic heterocycles. The van der Waals surface area contributed by atoms with Crippen molar-refractivity contribution in [3.63, 3.8) is 0 Å². The fourth-order valence-corrected chi connectivity index (χ4v) is 1.91. The first-order chi connectivity index (χ1) is 7.47. The van der Waals surface area contributed by atoms with Crippen LogP contribution in [-0.4, -0.2) is 63.0 Å². The van der Waals surface area contributed by atoms with E-state index >= 15 is 0 Å². The lowest BCUT2D eigenvalue weighted by atomic mass is 9.99. The number of aliphatic hydroxyl groups excluding tert-OH is 4. The zero-order valence-electron chi connectivity index (χ0n) is 9.18. The van der Waals surface area contributed by atoms with Crippen LogP contribution in [0.25, 0.3) is 0 Å². The summed E-state index contributed by atoms with van der Waals surface area (Å²) in [4.78, 5) is 0. The highest BCUT2D eigenvalue weighted by molar-refractivity contribution is 7.95. The van der Waals surface area contributed by atoms with Crippen LogP contribution < -0.4 is 0 Å². The van der Waals surface area contributed by atoms with E-state index in [9.17, 15) is 15.3 Å². The summed E-state index contributed by atoms with van der Waals surface area (Å²) in [5.41, 5.74) is 0. The first kappa shape index (κ1) is 14.2. The SMILES string of the molecule is CC(C)SO[C@@H]1[C@@H](O)[C@@H](O)[C@@H](CO)O[C@H]1O. The van der Waals surface area contributed by atoms with Crippen LogP contribution in [0, 0.1) is 0 Å². The summed E-state index contributed by atoms with van der Waals surface area (Å²) in [6.45, 7) is 3.31. The molecule has 0 aromatic carbocycles. The van der Waals surface area contributed by atoms with Gasteiger partial charge in [-0.05, 0) is 12.0 Å². The predicted octanol–water partition coefficient (Wildman–Crippen LogP) is -1.14. The summed E-state index contributed by atoms with van der Waals surface area (Å²) < 4.78 is 10.1. The van der Waals surface area contributed by atoms with E-state index in [0.717, 1.165) is 12.0 Å². The Morgan fingerprint density at radius 3 is 2.38 bits per heavy atom. The Kier molecular flexibility index (Phi) is 5.45. The van der Waals surface area contributed by atoms with Crippen LogP contribution in [-0.2, 0) is 8.92 Å². The van der Waals surface area contributed by atoms with E-state index in [1.807, 2.05) is 13.8 Å². The van der Waals surface area contributed by atoms with E-state index in [1.54, 1.807) is 0 Å². The zero-order chi connectivity index (χ0) is 12.3. The lowest BCUT2D eigenvalue weighted by Crippen LogP contribution is -2.58. The highest BCUT2D eigenvalue weighted by atomic mass is 32.2. The Labute approximate surface area is 98.4 Å². The van der Waals surface area contributed by atoms with E-state index in [-0.39, 0.29) is 5.25 Å². The standard InChI is InChI=1S/C9H18O6S/c1-4(2)16-15-8-7(12)6(11)5(3-10)14-9(8)13/h4-13H,3H2,1-2H3/t5-,6+,7+,8-,9-/m1/s1. The van der Waals surface area contributed by atoms with Crippen molar-refractivity contribution in [2.24, 2.45) is 0 Å². The number of aliphatic hydroxyl groups is 4. The molecule has 0 saturated carbocycles. The minimum absolute atomic E-state index is 0.159. The maximum Gasteiger partial charge on any atom is 0.185 e. The van der Waals surface area contributed by atoms with Crippen LogP contribution in [0.1, 0.15) is 13.8 Å². The van der Waals surface area contributed by atoms with Crippen molar-refractivity contribution in [1.82, 2.24) is 0 Å². The molecule has 4 N–H and O–H groups in total. The van der Waals surface area contributed by atoms with Gasteiger partial charge in [-0.25, -0.2) is 0 Å². The molecule has 0 aromatic rings. The summed E-state index contributed by atoms with van der Waals surface area (Å²) >= 11 is 1.08. The van der Waals surface area contributed by atoms with Gasteiger partial charge in [0.05, 0.1) is 6.61 Å². The second kappa shape index (κ2) is 6.15. The molecule has 0 aromatic heterocycles. The van der Waals surface area contributed by atoms with E-state index in [2.05, 4.69) is 0 Å². The van der Waals surface area contributed by atoms with Gasteiger partial charge >= 0.3 is 0 Å². The van der Waals surface area contributed by atoms with Gasteiger partial charge < -0.3 is 29.3 Å². The molecule has 1 fully saturated rings. The first-order valence-electron chi connectivity index (χ1n) is 5.10. The molecule has 6 nitrogen and oxygen atoms in total. The minimum Gasteiger partial charge on any atom is -0.394 e. The number of hydrogen-bond acceptors (Lipinski definition) is 7. The molecule has 0 radical (unpaired) electrons. The molecular formula is C9H18O6S. The number of hydrogen-bond donors (Lipinski definition) is 4. The van der Waals surface area contributed by atoms with Gasteiger partial charge in [-0.15, -0.1) is 0 Å². The monoisotopic (exact) mass is 254 g/mol. The Bertz CT molecular complexity index is 214. The van der Waals surface area contributed by atoms with Crippen LogP contribution in [0.15, 0.2) is 0 Å². The Balaban J connectivity index is 2.57. The number of ether oxygens (including phenoxy) is 1. The second-order valence-corrected chi connectivity index (χ2v) is 5.26. The van der Waals surface area contributed by atoms with Crippen molar-refractivity contribution in [1.29, 1.82) is 0 Å². The fourth-order valence-electron chi connectivity index (χ4n) is 1.35. The van der Waals surface area contributed by atoms with Crippen molar-refractivity contribution in [3.8, 4) is 0 Å². The third-order valence-corrected chi connectivity index (χ3v) is 2.92. The molecule has 5 atom stereocenters. The van der Waals surface area contributed by atoms with Crippen molar-refractivity contribution in [2.45, 2.75) is 49.8 Å². The molecule has 1 heterocycles. The zero-order valence-corrected chi connectivity index (χ0v) is 10.0. The maximum absolute atomic E-state index is 9.68. The largest absolute Gasteiger partial charge is 0.394 e. The second-order valence-electron chi connectivity index (χ2n) is 3.93. The summed E-state index contributed by atoms with van der Waals surface area (Å²) in [5, 5.41) is 37.8. The Morgan fingerprint density at radius 1 is 1.25 bits per heavy atom. The van der Waals surface area contributed by atoms with E-state index in [0.29, 0.717) is 0 Å². The van der Waals surface area contributed by atoms with Gasteiger partial charge in [-0.2, -0.15) is 0 Å². The molecular weight excluding hydrogens is 236 g/mol. The van der Waals surface area contributed by atoms with E-state index in [4.69, 9.17) is 14.0 Å². The van der Waals surface area contributed by atoms with Crippen molar-refractivity contribution >= 4 is 12.0 Å². The molecule has 1 saturated heterocycles. The highest BCUT2D eigenvalue weighted by Gasteiger charge is 2.44. The smallest absolute Gasteiger partial charge is 0.185 e. The van der Waals surface area contributed by atoms with Crippen LogP contribution in [0.4, 0.5) is 0 Å². The summed E-state index contributed by atoms with van der Waals surface area (Å²) in [6.07, 6.45) is -5.93. The third kappa shape index (κ3) is 3.30. The van der Waals surface area contributed by atoms with Gasteiger partial charge in [0, 0.05) is 5.25 Å². The van der Waals surface area contributed by atoms with Crippen LogP contribution in [0.2, 0.25) is 0 Å². The van der Waals surface area contributed by atoms with E-state index < -0.39 is 37.3 Å². The van der Waals surface area contributed by atoms with Crippen LogP contribution in [0.5, 0.6) is 0 Å². The lowest BCUT2D eigenvalue weighted by molar-refractivity contribution is -0.278. The topological polar surface area (TPSA) is 99.4 Å². The normalized spacial score (nSPS) is 40.3. The average molecular weight is 254 g/mol. The summed E-state index contributed by atoms with van der Waals surface area (Å²) in [6, 6.07) is 0. The van der Waals surface area contributed by atoms with Gasteiger partial charge in [0.25, 0.3) is 0 Å². The predicted molar refractivity (Wildman–Crippen MR) is 57.6 cm³/mol. The van der Waals surface area contributed by atoms with Gasteiger partial charge in [-0.3, -0.25) is 0 Å². The summed E-state index contributed by atoms with van der Waals surface area (Å²) in [5.74, 6) is 0. The maximum atomic E-state index is 9.68. The molecule has 0 bridgehead atoms. The highest BCUT2D eigenvalue weighted by Crippen LogP contribution is 2.26. The van der Waals surface area contributed by atoms with Crippen LogP contribution >= 0.6 is 12.0 Å². The van der Waals surface area contributed by atoms with Gasteiger partial charge in [0.2, 0.25) is 0 Å². The fraction of sp³-hybridized carbons (Fsp3) is 1.00. The van der Waals surface area contributed by atoms with Crippen molar-refractivity contribution in [2.75, 3.05) is 6.61 Å². The molecule has 16 heavy (non-hydrogen) atoms. The first-order valence-corrected chi connectivity index (χ1v) is 5.90. The van der Waals surface area contributed by atoms with Gasteiger partial charge in [0.1, 0.15) is 18.3 Å². The molecule has 7 heteroatoms. The lowest BCUT2D eigenvalue weighted by Gasteiger charge is -2.39.